The molecule has 2 aromatic carbocycles. The molecule has 3 rings (SSSR count). The van der Waals surface area contributed by atoms with Gasteiger partial charge in [0.25, 0.3) is 11.8 Å². The SMILES string of the molecule is Cc1ccc2c(c1)C(=O)N(CC(=O)N[C@@H](C)c1ccc(Cl)cc1)C2=O. The molecule has 0 aromatic heterocycles. The van der Waals surface area contributed by atoms with E-state index < -0.39 is 17.7 Å². The van der Waals surface area contributed by atoms with Crippen molar-refractivity contribution in [3.63, 3.8) is 0 Å². The van der Waals surface area contributed by atoms with Gasteiger partial charge in [-0.3, -0.25) is 19.3 Å². The normalized spacial score (nSPS) is 14.4. The molecule has 0 saturated carbocycles. The summed E-state index contributed by atoms with van der Waals surface area (Å²) in [6.07, 6.45) is 0. The van der Waals surface area contributed by atoms with Crippen molar-refractivity contribution in [3.05, 3.63) is 69.7 Å². The summed E-state index contributed by atoms with van der Waals surface area (Å²) >= 11 is 5.85. The molecule has 0 radical (unpaired) electrons. The molecule has 5 nitrogen and oxygen atoms in total. The van der Waals surface area contributed by atoms with E-state index in [0.717, 1.165) is 16.0 Å². The molecule has 0 spiro atoms. The first-order valence-electron chi connectivity index (χ1n) is 7.88. The van der Waals surface area contributed by atoms with Gasteiger partial charge < -0.3 is 5.32 Å². The molecule has 0 bridgehead atoms. The lowest BCUT2D eigenvalue weighted by atomic mass is 10.1. The van der Waals surface area contributed by atoms with Crippen molar-refractivity contribution in [3.8, 4) is 0 Å². The van der Waals surface area contributed by atoms with Crippen molar-refractivity contribution in [2.75, 3.05) is 6.54 Å². The van der Waals surface area contributed by atoms with Gasteiger partial charge >= 0.3 is 0 Å². The molecule has 0 saturated heterocycles. The Morgan fingerprint density at radius 3 is 2.40 bits per heavy atom. The van der Waals surface area contributed by atoms with Crippen LogP contribution < -0.4 is 5.32 Å². The summed E-state index contributed by atoms with van der Waals surface area (Å²) in [5.74, 6) is -1.26. The third-order valence-corrected chi connectivity index (χ3v) is 4.43. The molecular formula is C19H17ClN2O3. The zero-order valence-electron chi connectivity index (χ0n) is 13.9. The van der Waals surface area contributed by atoms with E-state index in [9.17, 15) is 14.4 Å². The molecule has 1 heterocycles. The lowest BCUT2D eigenvalue weighted by Crippen LogP contribution is -2.41. The topological polar surface area (TPSA) is 66.5 Å². The van der Waals surface area contributed by atoms with Gasteiger partial charge in [-0.15, -0.1) is 0 Å². The number of carbonyl (C=O) groups is 3. The van der Waals surface area contributed by atoms with E-state index in [1.807, 2.05) is 26.0 Å². The average molecular weight is 357 g/mol. The minimum absolute atomic E-state index is 0.262. The second-order valence-electron chi connectivity index (χ2n) is 6.09. The summed E-state index contributed by atoms with van der Waals surface area (Å²) in [5, 5.41) is 3.41. The molecule has 3 amide bonds. The van der Waals surface area contributed by atoms with Crippen LogP contribution in [0.2, 0.25) is 5.02 Å². The lowest BCUT2D eigenvalue weighted by Gasteiger charge is -2.18. The van der Waals surface area contributed by atoms with Crippen LogP contribution in [0.15, 0.2) is 42.5 Å². The number of fused-ring (bicyclic) bond motifs is 1. The van der Waals surface area contributed by atoms with Crippen molar-refractivity contribution < 1.29 is 14.4 Å². The number of benzene rings is 2. The minimum atomic E-state index is -0.436. The zero-order chi connectivity index (χ0) is 18.1. The van der Waals surface area contributed by atoms with Gasteiger partial charge in [0.2, 0.25) is 5.91 Å². The highest BCUT2D eigenvalue weighted by molar-refractivity contribution is 6.30. The number of halogens is 1. The Bertz CT molecular complexity index is 861. The maximum Gasteiger partial charge on any atom is 0.262 e. The fourth-order valence-corrected chi connectivity index (χ4v) is 2.94. The van der Waals surface area contributed by atoms with Crippen LogP contribution in [0.4, 0.5) is 0 Å². The number of hydrogen-bond donors (Lipinski definition) is 1. The summed E-state index contributed by atoms with van der Waals surface area (Å²) in [5.41, 5.74) is 2.47. The highest BCUT2D eigenvalue weighted by Gasteiger charge is 2.36. The third kappa shape index (κ3) is 3.42. The van der Waals surface area contributed by atoms with Gasteiger partial charge in [-0.2, -0.15) is 0 Å². The molecule has 6 heteroatoms. The van der Waals surface area contributed by atoms with E-state index in [1.54, 1.807) is 30.3 Å². The van der Waals surface area contributed by atoms with Gasteiger partial charge in [-0.05, 0) is 43.7 Å². The number of hydrogen-bond acceptors (Lipinski definition) is 3. The molecular weight excluding hydrogens is 340 g/mol. The highest BCUT2D eigenvalue weighted by atomic mass is 35.5. The molecule has 1 N–H and O–H groups in total. The van der Waals surface area contributed by atoms with E-state index in [2.05, 4.69) is 5.32 Å². The van der Waals surface area contributed by atoms with Crippen LogP contribution in [-0.2, 0) is 4.79 Å². The smallest absolute Gasteiger partial charge is 0.262 e. The van der Waals surface area contributed by atoms with Gasteiger partial charge in [0, 0.05) is 5.02 Å². The number of carbonyl (C=O) groups excluding carboxylic acids is 3. The molecule has 0 aliphatic carbocycles. The maximum atomic E-state index is 12.4. The van der Waals surface area contributed by atoms with Crippen LogP contribution in [0.3, 0.4) is 0 Å². The second kappa shape index (κ2) is 6.69. The van der Waals surface area contributed by atoms with Crippen LogP contribution in [0, 0.1) is 6.92 Å². The fourth-order valence-electron chi connectivity index (χ4n) is 2.81. The molecule has 128 valence electrons. The van der Waals surface area contributed by atoms with E-state index in [1.165, 1.54) is 0 Å². The Balaban J connectivity index is 1.68. The van der Waals surface area contributed by atoms with E-state index in [-0.39, 0.29) is 12.6 Å². The summed E-state index contributed by atoms with van der Waals surface area (Å²) < 4.78 is 0. The predicted molar refractivity (Wildman–Crippen MR) is 94.6 cm³/mol. The molecule has 25 heavy (non-hydrogen) atoms. The van der Waals surface area contributed by atoms with Gasteiger partial charge in [0.1, 0.15) is 6.54 Å². The maximum absolute atomic E-state index is 12.4. The summed E-state index contributed by atoms with van der Waals surface area (Å²) in [6, 6.07) is 11.9. The molecule has 0 unspecified atom stereocenters. The predicted octanol–water partition coefficient (Wildman–Crippen LogP) is 3.12. The molecule has 2 aromatic rings. The Kier molecular flexibility index (Phi) is 4.59. The Morgan fingerprint density at radius 1 is 1.08 bits per heavy atom. The summed E-state index contributed by atoms with van der Waals surface area (Å²) in [7, 11) is 0. The monoisotopic (exact) mass is 356 g/mol. The third-order valence-electron chi connectivity index (χ3n) is 4.18. The van der Waals surface area contributed by atoms with Crippen LogP contribution in [-0.4, -0.2) is 29.2 Å². The Morgan fingerprint density at radius 2 is 1.72 bits per heavy atom. The number of nitrogens with one attached hydrogen (secondary N) is 1. The van der Waals surface area contributed by atoms with E-state index >= 15 is 0 Å². The van der Waals surface area contributed by atoms with Gasteiger partial charge in [-0.25, -0.2) is 0 Å². The molecule has 1 aliphatic rings. The Labute approximate surface area is 150 Å². The molecule has 1 atom stereocenters. The van der Waals surface area contributed by atoms with Crippen molar-refractivity contribution >= 4 is 29.3 Å². The van der Waals surface area contributed by atoms with Crippen molar-refractivity contribution in [1.29, 1.82) is 0 Å². The first-order chi connectivity index (χ1) is 11.9. The largest absolute Gasteiger partial charge is 0.348 e. The number of aryl methyl sites for hydroxylation is 1. The van der Waals surface area contributed by atoms with Crippen LogP contribution in [0.1, 0.15) is 44.8 Å². The minimum Gasteiger partial charge on any atom is -0.348 e. The summed E-state index contributed by atoms with van der Waals surface area (Å²) in [6.45, 7) is 3.37. The van der Waals surface area contributed by atoms with Gasteiger partial charge in [0.15, 0.2) is 0 Å². The second-order valence-corrected chi connectivity index (χ2v) is 6.52. The van der Waals surface area contributed by atoms with Gasteiger partial charge in [-0.1, -0.05) is 35.4 Å². The first kappa shape index (κ1) is 17.2. The highest BCUT2D eigenvalue weighted by Crippen LogP contribution is 2.24. The zero-order valence-corrected chi connectivity index (χ0v) is 14.6. The van der Waals surface area contributed by atoms with E-state index in [4.69, 9.17) is 11.6 Å². The standard InChI is InChI=1S/C19H17ClN2O3/c1-11-3-8-15-16(9-11)19(25)22(18(15)24)10-17(23)21-12(2)13-4-6-14(20)7-5-13/h3-9,12H,10H2,1-2H3,(H,21,23)/t12-/m0/s1. The lowest BCUT2D eigenvalue weighted by molar-refractivity contribution is -0.122. The molecule has 1 aliphatic heterocycles. The first-order valence-corrected chi connectivity index (χ1v) is 8.26. The van der Waals surface area contributed by atoms with E-state index in [0.29, 0.717) is 16.1 Å². The van der Waals surface area contributed by atoms with Crippen molar-refractivity contribution in [1.82, 2.24) is 10.2 Å². The number of imide groups is 1. The van der Waals surface area contributed by atoms with Crippen LogP contribution in [0.25, 0.3) is 0 Å². The van der Waals surface area contributed by atoms with Crippen LogP contribution >= 0.6 is 11.6 Å². The van der Waals surface area contributed by atoms with Crippen LogP contribution in [0.5, 0.6) is 0 Å². The number of nitrogens with zero attached hydrogens (tertiary/aromatic N) is 1. The van der Waals surface area contributed by atoms with Gasteiger partial charge in [0.05, 0.1) is 17.2 Å². The quantitative estimate of drug-likeness (QED) is 0.856. The number of rotatable bonds is 4. The van der Waals surface area contributed by atoms with Crippen molar-refractivity contribution in [2.24, 2.45) is 0 Å². The summed E-state index contributed by atoms with van der Waals surface area (Å²) in [4.78, 5) is 38.0. The molecule has 0 fully saturated rings. The fraction of sp³-hybridized carbons (Fsp3) is 0.211. The average Bonchev–Trinajstić information content (AvgIpc) is 2.80. The Hall–Kier alpha value is -2.66. The number of amides is 3. The van der Waals surface area contributed by atoms with Crippen molar-refractivity contribution in [2.45, 2.75) is 19.9 Å².